The Bertz CT molecular complexity index is 740. The SMILES string of the molecule is CC(=O)OC1=C(C(C)CCC[Si](C)(C)C)C(=O)c2ccccc2C1=O. The molecule has 25 heavy (non-hydrogen) atoms. The molecule has 0 N–H and O–H groups in total. The van der Waals surface area contributed by atoms with Gasteiger partial charge in [-0.15, -0.1) is 0 Å². The number of benzene rings is 1. The highest BCUT2D eigenvalue weighted by molar-refractivity contribution is 6.76. The molecule has 0 amide bonds. The van der Waals surface area contributed by atoms with Crippen LogP contribution < -0.4 is 0 Å². The van der Waals surface area contributed by atoms with Crippen LogP contribution in [0.1, 0.15) is 47.4 Å². The van der Waals surface area contributed by atoms with E-state index in [0.29, 0.717) is 16.7 Å². The molecule has 4 nitrogen and oxygen atoms in total. The first kappa shape index (κ1) is 19.3. The quantitative estimate of drug-likeness (QED) is 0.549. The molecule has 0 heterocycles. The summed E-state index contributed by atoms with van der Waals surface area (Å²) in [5, 5.41) is 0. The van der Waals surface area contributed by atoms with E-state index in [1.165, 1.54) is 6.92 Å². The van der Waals surface area contributed by atoms with E-state index >= 15 is 0 Å². The second-order valence-electron chi connectivity index (χ2n) is 7.89. The van der Waals surface area contributed by atoms with Gasteiger partial charge >= 0.3 is 5.97 Å². The van der Waals surface area contributed by atoms with Crippen molar-refractivity contribution in [1.29, 1.82) is 0 Å². The largest absolute Gasteiger partial charge is 0.422 e. The van der Waals surface area contributed by atoms with Crippen LogP contribution in [0.25, 0.3) is 0 Å². The molecule has 0 bridgehead atoms. The minimum Gasteiger partial charge on any atom is -0.422 e. The first-order valence-corrected chi connectivity index (χ1v) is 12.4. The minimum atomic E-state index is -1.16. The predicted molar refractivity (Wildman–Crippen MR) is 100 cm³/mol. The fourth-order valence-corrected chi connectivity index (χ4v) is 4.41. The standard InChI is InChI=1S/C20H26O4Si/c1-13(9-8-12-25(3,4)5)17-18(22)15-10-6-7-11-16(15)19(23)20(17)24-14(2)21/h6-7,10-11,13H,8-9,12H2,1-5H3. The predicted octanol–water partition coefficient (Wildman–Crippen LogP) is 4.64. The molecular weight excluding hydrogens is 332 g/mol. The van der Waals surface area contributed by atoms with Crippen molar-refractivity contribution in [3.8, 4) is 0 Å². The van der Waals surface area contributed by atoms with Crippen LogP contribution in [0.2, 0.25) is 25.7 Å². The average molecular weight is 359 g/mol. The molecule has 134 valence electrons. The highest BCUT2D eigenvalue weighted by Gasteiger charge is 2.36. The number of hydrogen-bond acceptors (Lipinski definition) is 4. The average Bonchev–Trinajstić information content (AvgIpc) is 2.50. The zero-order valence-electron chi connectivity index (χ0n) is 15.6. The lowest BCUT2D eigenvalue weighted by Crippen LogP contribution is -2.28. The molecule has 1 atom stereocenters. The molecule has 0 fully saturated rings. The number of carbonyl (C=O) groups excluding carboxylic acids is 3. The summed E-state index contributed by atoms with van der Waals surface area (Å²) in [4.78, 5) is 37.2. The van der Waals surface area contributed by atoms with Crippen molar-refractivity contribution in [2.24, 2.45) is 5.92 Å². The van der Waals surface area contributed by atoms with E-state index in [2.05, 4.69) is 19.6 Å². The Morgan fingerprint density at radius 2 is 1.64 bits per heavy atom. The van der Waals surface area contributed by atoms with Gasteiger partial charge in [-0.05, 0) is 12.3 Å². The van der Waals surface area contributed by atoms with Crippen molar-refractivity contribution in [1.82, 2.24) is 0 Å². The molecule has 0 aliphatic heterocycles. The third-order valence-corrected chi connectivity index (χ3v) is 6.27. The molecule has 1 aliphatic carbocycles. The van der Waals surface area contributed by atoms with E-state index in [0.717, 1.165) is 18.9 Å². The van der Waals surface area contributed by atoms with Crippen molar-refractivity contribution in [2.45, 2.75) is 52.4 Å². The van der Waals surface area contributed by atoms with E-state index in [4.69, 9.17) is 4.74 Å². The summed E-state index contributed by atoms with van der Waals surface area (Å²) in [6, 6.07) is 7.87. The molecule has 0 saturated heterocycles. The third kappa shape index (κ3) is 4.54. The third-order valence-electron chi connectivity index (χ3n) is 4.41. The van der Waals surface area contributed by atoms with Gasteiger partial charge in [0.25, 0.3) is 0 Å². The van der Waals surface area contributed by atoms with Crippen molar-refractivity contribution >= 4 is 25.6 Å². The number of ether oxygens (including phenoxy) is 1. The van der Waals surface area contributed by atoms with Crippen LogP contribution in [-0.2, 0) is 9.53 Å². The smallest absolute Gasteiger partial charge is 0.308 e. The van der Waals surface area contributed by atoms with E-state index < -0.39 is 14.0 Å². The summed E-state index contributed by atoms with van der Waals surface area (Å²) in [7, 11) is -1.16. The molecule has 0 saturated carbocycles. The molecule has 2 rings (SSSR count). The summed E-state index contributed by atoms with van der Waals surface area (Å²) in [5.74, 6) is -1.38. The maximum atomic E-state index is 13.0. The highest BCUT2D eigenvalue weighted by Crippen LogP contribution is 2.33. The summed E-state index contributed by atoms with van der Waals surface area (Å²) in [5.41, 5.74) is 1.05. The zero-order valence-corrected chi connectivity index (χ0v) is 16.6. The second-order valence-corrected chi connectivity index (χ2v) is 13.5. The van der Waals surface area contributed by atoms with Gasteiger partial charge in [0.2, 0.25) is 5.78 Å². The lowest BCUT2D eigenvalue weighted by molar-refractivity contribution is -0.136. The minimum absolute atomic E-state index is 0.0864. The Balaban J connectivity index is 2.37. The lowest BCUT2D eigenvalue weighted by Gasteiger charge is -2.24. The van der Waals surface area contributed by atoms with Crippen molar-refractivity contribution in [2.75, 3.05) is 0 Å². The van der Waals surface area contributed by atoms with Gasteiger partial charge in [-0.25, -0.2) is 0 Å². The number of Topliss-reactive ketones (excluding diaryl/α,β-unsaturated/α-hetero) is 2. The molecule has 1 aromatic carbocycles. The molecular formula is C20H26O4Si. The fourth-order valence-electron chi connectivity index (χ4n) is 3.15. The van der Waals surface area contributed by atoms with Crippen LogP contribution in [0, 0.1) is 5.92 Å². The summed E-state index contributed by atoms with van der Waals surface area (Å²) in [6.07, 6.45) is 1.79. The number of esters is 1. The molecule has 1 aliphatic rings. The van der Waals surface area contributed by atoms with Crippen molar-refractivity contribution < 1.29 is 19.1 Å². The van der Waals surface area contributed by atoms with Gasteiger partial charge in [-0.1, -0.05) is 63.3 Å². The van der Waals surface area contributed by atoms with Gasteiger partial charge in [0, 0.05) is 31.7 Å². The highest BCUT2D eigenvalue weighted by atomic mass is 28.3. The van der Waals surface area contributed by atoms with E-state index in [1.807, 2.05) is 6.92 Å². The molecule has 1 aromatic rings. The number of fused-ring (bicyclic) bond motifs is 1. The van der Waals surface area contributed by atoms with Crippen LogP contribution >= 0.6 is 0 Å². The number of ketones is 2. The van der Waals surface area contributed by atoms with E-state index in [9.17, 15) is 14.4 Å². The molecule has 5 heteroatoms. The van der Waals surface area contributed by atoms with Crippen LogP contribution in [0.5, 0.6) is 0 Å². The van der Waals surface area contributed by atoms with Gasteiger partial charge < -0.3 is 4.74 Å². The zero-order chi connectivity index (χ0) is 18.8. The van der Waals surface area contributed by atoms with Crippen LogP contribution in [0.4, 0.5) is 0 Å². The monoisotopic (exact) mass is 358 g/mol. The molecule has 0 aromatic heterocycles. The van der Waals surface area contributed by atoms with Crippen molar-refractivity contribution in [3.05, 3.63) is 46.7 Å². The number of rotatable bonds is 6. The Labute approximate surface area is 150 Å². The molecule has 0 radical (unpaired) electrons. The molecule has 0 spiro atoms. The van der Waals surface area contributed by atoms with Crippen LogP contribution in [0.15, 0.2) is 35.6 Å². The topological polar surface area (TPSA) is 60.4 Å². The Hall–Kier alpha value is -2.01. The van der Waals surface area contributed by atoms with Gasteiger partial charge in [0.05, 0.1) is 0 Å². The number of allylic oxidation sites excluding steroid dienone is 2. The van der Waals surface area contributed by atoms with Crippen molar-refractivity contribution in [3.63, 3.8) is 0 Å². The fraction of sp³-hybridized carbons (Fsp3) is 0.450. The van der Waals surface area contributed by atoms with Gasteiger partial charge in [0.1, 0.15) is 0 Å². The Kier molecular flexibility index (Phi) is 5.78. The first-order valence-electron chi connectivity index (χ1n) is 8.73. The Morgan fingerprint density at radius 3 is 2.16 bits per heavy atom. The summed E-state index contributed by atoms with van der Waals surface area (Å²) in [6.45, 7) is 10.1. The van der Waals surface area contributed by atoms with E-state index in [-0.39, 0.29) is 23.2 Å². The van der Waals surface area contributed by atoms with Gasteiger partial charge in [-0.3, -0.25) is 14.4 Å². The summed E-state index contributed by atoms with van der Waals surface area (Å²) < 4.78 is 5.19. The Morgan fingerprint density at radius 1 is 1.08 bits per heavy atom. The van der Waals surface area contributed by atoms with Gasteiger partial charge in [-0.2, -0.15) is 0 Å². The molecule has 1 unspecified atom stereocenters. The maximum absolute atomic E-state index is 13.0. The van der Waals surface area contributed by atoms with E-state index in [1.54, 1.807) is 24.3 Å². The number of hydrogen-bond donors (Lipinski definition) is 0. The second kappa shape index (κ2) is 7.48. The lowest BCUT2D eigenvalue weighted by atomic mass is 9.81. The van der Waals surface area contributed by atoms with Gasteiger partial charge in [0.15, 0.2) is 11.5 Å². The normalized spacial score (nSPS) is 15.9. The van der Waals surface area contributed by atoms with Crippen LogP contribution in [0.3, 0.4) is 0 Å². The first-order chi connectivity index (χ1) is 11.6. The summed E-state index contributed by atoms with van der Waals surface area (Å²) >= 11 is 0. The maximum Gasteiger partial charge on any atom is 0.308 e. The van der Waals surface area contributed by atoms with Crippen LogP contribution in [-0.4, -0.2) is 25.6 Å². The number of carbonyl (C=O) groups is 3.